The third kappa shape index (κ3) is 2.73. The van der Waals surface area contributed by atoms with E-state index in [-0.39, 0.29) is 18.1 Å². The minimum absolute atomic E-state index is 0.0806. The summed E-state index contributed by atoms with van der Waals surface area (Å²) in [5.74, 6) is 0.151. The van der Waals surface area contributed by atoms with Gasteiger partial charge in [-0.15, -0.1) is 0 Å². The van der Waals surface area contributed by atoms with Crippen molar-refractivity contribution in [2.24, 2.45) is 0 Å². The summed E-state index contributed by atoms with van der Waals surface area (Å²) >= 11 is 5.87. The van der Waals surface area contributed by atoms with Gasteiger partial charge in [0.1, 0.15) is 6.10 Å². The molecule has 0 aliphatic carbocycles. The van der Waals surface area contributed by atoms with Crippen molar-refractivity contribution in [1.82, 2.24) is 9.97 Å². The van der Waals surface area contributed by atoms with Crippen LogP contribution < -0.4 is 15.0 Å². The summed E-state index contributed by atoms with van der Waals surface area (Å²) in [5.41, 5.74) is 0.0167. The summed E-state index contributed by atoms with van der Waals surface area (Å²) in [6, 6.07) is 9.34. The molecule has 0 spiro atoms. The van der Waals surface area contributed by atoms with E-state index in [2.05, 4.69) is 9.97 Å². The Kier molecular flexibility index (Phi) is 3.67. The van der Waals surface area contributed by atoms with Gasteiger partial charge in [-0.05, 0) is 35.9 Å². The topological polar surface area (TPSA) is 102 Å². The predicted octanol–water partition coefficient (Wildman–Crippen LogP) is 2.22. The van der Waals surface area contributed by atoms with Crippen LogP contribution in [0.5, 0.6) is 11.5 Å². The van der Waals surface area contributed by atoms with Crippen LogP contribution in [0.25, 0.3) is 11.0 Å². The summed E-state index contributed by atoms with van der Waals surface area (Å²) in [7, 11) is 0. The van der Waals surface area contributed by atoms with Gasteiger partial charge in [0.2, 0.25) is 12.6 Å². The fraction of sp³-hybridized carbons (Fsp3) is 0.118. The minimum Gasteiger partial charge on any atom is -0.454 e. The standard InChI is InChI=1S/C17H11ClN2O5/c18-9-2-3-10-11(6-9)20-17(23)14(19-10)16(22)15(21)8-1-4-12-13(5-8)25-7-24-12/h1-6,15,21H,7H2,(H,20,23)/t15-/m0/s1. The second-order valence-electron chi connectivity index (χ2n) is 5.46. The van der Waals surface area contributed by atoms with Gasteiger partial charge in [0, 0.05) is 5.02 Å². The first-order chi connectivity index (χ1) is 12.0. The zero-order chi connectivity index (χ0) is 17.6. The number of carbonyl (C=O) groups excluding carboxylic acids is 1. The third-order valence-corrected chi connectivity index (χ3v) is 4.08. The Morgan fingerprint density at radius 2 is 2.00 bits per heavy atom. The number of hydrogen-bond donors (Lipinski definition) is 2. The molecule has 2 N–H and O–H groups in total. The number of hydrogen-bond acceptors (Lipinski definition) is 6. The van der Waals surface area contributed by atoms with Crippen molar-refractivity contribution in [3.8, 4) is 11.5 Å². The van der Waals surface area contributed by atoms with Gasteiger partial charge in [0.05, 0.1) is 11.0 Å². The number of halogens is 1. The molecule has 0 saturated heterocycles. The van der Waals surface area contributed by atoms with E-state index in [1.54, 1.807) is 18.2 Å². The van der Waals surface area contributed by atoms with Crippen LogP contribution in [0.3, 0.4) is 0 Å². The van der Waals surface area contributed by atoms with Crippen LogP contribution >= 0.6 is 11.6 Å². The number of nitrogens with zero attached hydrogens (tertiary/aromatic N) is 1. The average molecular weight is 359 g/mol. The Bertz CT molecular complexity index is 1060. The lowest BCUT2D eigenvalue weighted by Gasteiger charge is -2.10. The number of ketones is 1. The van der Waals surface area contributed by atoms with Crippen molar-refractivity contribution in [3.63, 3.8) is 0 Å². The van der Waals surface area contributed by atoms with Gasteiger partial charge in [-0.25, -0.2) is 4.98 Å². The number of aromatic nitrogens is 2. The van der Waals surface area contributed by atoms with Crippen molar-refractivity contribution in [2.75, 3.05) is 6.79 Å². The fourth-order valence-corrected chi connectivity index (χ4v) is 2.76. The zero-order valence-corrected chi connectivity index (χ0v) is 13.4. The van der Waals surface area contributed by atoms with E-state index in [1.165, 1.54) is 18.2 Å². The molecule has 2 aromatic carbocycles. The average Bonchev–Trinajstić information content (AvgIpc) is 3.07. The quantitative estimate of drug-likeness (QED) is 0.696. The van der Waals surface area contributed by atoms with Gasteiger partial charge in [-0.3, -0.25) is 9.59 Å². The molecular formula is C17H11ClN2O5. The molecule has 2 heterocycles. The first-order valence-electron chi connectivity index (χ1n) is 7.34. The van der Waals surface area contributed by atoms with Gasteiger partial charge in [0.15, 0.2) is 17.2 Å². The highest BCUT2D eigenvalue weighted by atomic mass is 35.5. The SMILES string of the molecule is O=C(c1nc2ccc(Cl)cc2[nH]c1=O)[C@@H](O)c1ccc2c(c1)OCO2. The molecule has 4 rings (SSSR count). The van der Waals surface area contributed by atoms with Gasteiger partial charge < -0.3 is 19.6 Å². The normalized spacial score (nSPS) is 13.8. The molecule has 7 nitrogen and oxygen atoms in total. The highest BCUT2D eigenvalue weighted by Gasteiger charge is 2.26. The van der Waals surface area contributed by atoms with Crippen molar-refractivity contribution in [3.05, 3.63) is 63.0 Å². The number of H-pyrrole nitrogens is 1. The molecule has 0 fully saturated rings. The number of carbonyl (C=O) groups is 1. The van der Waals surface area contributed by atoms with Crippen molar-refractivity contribution >= 4 is 28.4 Å². The van der Waals surface area contributed by atoms with E-state index in [0.717, 1.165) is 0 Å². The second-order valence-corrected chi connectivity index (χ2v) is 5.89. The molecule has 0 unspecified atom stereocenters. The summed E-state index contributed by atoms with van der Waals surface area (Å²) in [4.78, 5) is 31.3. The molecule has 1 aliphatic rings. The largest absolute Gasteiger partial charge is 0.454 e. The maximum absolute atomic E-state index is 12.5. The Morgan fingerprint density at radius 3 is 2.84 bits per heavy atom. The maximum Gasteiger partial charge on any atom is 0.278 e. The van der Waals surface area contributed by atoms with Crippen LogP contribution in [-0.2, 0) is 0 Å². The number of aliphatic hydroxyl groups is 1. The lowest BCUT2D eigenvalue weighted by molar-refractivity contribution is 0.0740. The number of ether oxygens (including phenoxy) is 2. The molecule has 0 saturated carbocycles. The number of fused-ring (bicyclic) bond motifs is 2. The van der Waals surface area contributed by atoms with E-state index in [4.69, 9.17) is 21.1 Å². The molecule has 3 aromatic rings. The zero-order valence-electron chi connectivity index (χ0n) is 12.7. The summed E-state index contributed by atoms with van der Waals surface area (Å²) < 4.78 is 10.4. The van der Waals surface area contributed by atoms with E-state index in [1.807, 2.05) is 0 Å². The molecule has 126 valence electrons. The number of Topliss-reactive ketones (excluding diaryl/α,β-unsaturated/α-hetero) is 1. The minimum atomic E-state index is -1.55. The molecule has 8 heteroatoms. The first-order valence-corrected chi connectivity index (χ1v) is 7.72. The van der Waals surface area contributed by atoms with Crippen LogP contribution in [0.2, 0.25) is 5.02 Å². The fourth-order valence-electron chi connectivity index (χ4n) is 2.59. The third-order valence-electron chi connectivity index (χ3n) is 3.85. The maximum atomic E-state index is 12.5. The molecule has 25 heavy (non-hydrogen) atoms. The summed E-state index contributed by atoms with van der Waals surface area (Å²) in [6.45, 7) is 0.0806. The molecular weight excluding hydrogens is 348 g/mol. The van der Waals surface area contributed by atoms with E-state index in [0.29, 0.717) is 27.6 Å². The Balaban J connectivity index is 1.72. The highest BCUT2D eigenvalue weighted by Crippen LogP contribution is 2.34. The van der Waals surface area contributed by atoms with Crippen LogP contribution in [-0.4, -0.2) is 27.7 Å². The second kappa shape index (κ2) is 5.87. The van der Waals surface area contributed by atoms with Crippen LogP contribution in [0.4, 0.5) is 0 Å². The van der Waals surface area contributed by atoms with Gasteiger partial charge in [-0.1, -0.05) is 17.7 Å². The van der Waals surface area contributed by atoms with Crippen LogP contribution in [0.15, 0.2) is 41.2 Å². The lowest BCUT2D eigenvalue weighted by atomic mass is 10.0. The van der Waals surface area contributed by atoms with Crippen molar-refractivity contribution in [1.29, 1.82) is 0 Å². The number of aliphatic hydroxyl groups excluding tert-OH is 1. The van der Waals surface area contributed by atoms with Crippen LogP contribution in [0, 0.1) is 0 Å². The highest BCUT2D eigenvalue weighted by molar-refractivity contribution is 6.31. The number of rotatable bonds is 3. The first kappa shape index (κ1) is 15.6. The molecule has 0 amide bonds. The Morgan fingerprint density at radius 1 is 1.20 bits per heavy atom. The van der Waals surface area contributed by atoms with Gasteiger partial charge in [0.25, 0.3) is 5.56 Å². The lowest BCUT2D eigenvalue weighted by Crippen LogP contribution is -2.24. The molecule has 1 aromatic heterocycles. The molecule has 1 aliphatic heterocycles. The van der Waals surface area contributed by atoms with Gasteiger partial charge >= 0.3 is 0 Å². The molecule has 1 atom stereocenters. The predicted molar refractivity (Wildman–Crippen MR) is 89.2 cm³/mol. The smallest absolute Gasteiger partial charge is 0.278 e. The Hall–Kier alpha value is -2.90. The van der Waals surface area contributed by atoms with E-state index >= 15 is 0 Å². The number of nitrogens with one attached hydrogen (secondary N) is 1. The van der Waals surface area contributed by atoms with E-state index in [9.17, 15) is 14.7 Å². The summed E-state index contributed by atoms with van der Waals surface area (Å²) in [5, 5.41) is 10.8. The van der Waals surface area contributed by atoms with Crippen molar-refractivity contribution in [2.45, 2.75) is 6.10 Å². The number of aromatic amines is 1. The van der Waals surface area contributed by atoms with Gasteiger partial charge in [-0.2, -0.15) is 0 Å². The molecule has 0 bridgehead atoms. The molecule has 0 radical (unpaired) electrons. The number of benzene rings is 2. The van der Waals surface area contributed by atoms with Crippen LogP contribution in [0.1, 0.15) is 22.2 Å². The monoisotopic (exact) mass is 358 g/mol. The summed E-state index contributed by atoms with van der Waals surface area (Å²) in [6.07, 6.45) is -1.55. The Labute approximate surface area is 145 Å². The van der Waals surface area contributed by atoms with Crippen molar-refractivity contribution < 1.29 is 19.4 Å². The van der Waals surface area contributed by atoms with E-state index < -0.39 is 17.4 Å².